The van der Waals surface area contributed by atoms with E-state index in [4.69, 9.17) is 0 Å². The summed E-state index contributed by atoms with van der Waals surface area (Å²) in [6, 6.07) is 5.53. The molecular formula is C18H23N3O2S2. The van der Waals surface area contributed by atoms with Gasteiger partial charge < -0.3 is 0 Å². The molecule has 2 fully saturated rings. The van der Waals surface area contributed by atoms with E-state index < -0.39 is 10.0 Å². The first-order valence-corrected chi connectivity index (χ1v) is 11.1. The molecule has 1 saturated carbocycles. The van der Waals surface area contributed by atoms with Crippen LogP contribution in [-0.2, 0) is 10.0 Å². The van der Waals surface area contributed by atoms with Crippen molar-refractivity contribution in [1.82, 2.24) is 14.5 Å². The van der Waals surface area contributed by atoms with E-state index in [0.717, 1.165) is 29.0 Å². The predicted octanol–water partition coefficient (Wildman–Crippen LogP) is 3.60. The second-order valence-corrected chi connectivity index (χ2v) is 10.1. The third kappa shape index (κ3) is 3.37. The van der Waals surface area contributed by atoms with Crippen molar-refractivity contribution in [1.29, 1.82) is 0 Å². The van der Waals surface area contributed by atoms with Crippen LogP contribution in [0.15, 0.2) is 23.1 Å². The van der Waals surface area contributed by atoms with Crippen molar-refractivity contribution < 1.29 is 8.42 Å². The van der Waals surface area contributed by atoms with Crippen LogP contribution < -0.4 is 0 Å². The molecule has 7 heteroatoms. The van der Waals surface area contributed by atoms with Crippen LogP contribution >= 0.6 is 11.3 Å². The van der Waals surface area contributed by atoms with Gasteiger partial charge in [-0.25, -0.2) is 8.42 Å². The maximum absolute atomic E-state index is 13.0. The van der Waals surface area contributed by atoms with E-state index in [-0.39, 0.29) is 0 Å². The highest BCUT2D eigenvalue weighted by Crippen LogP contribution is 2.43. The van der Waals surface area contributed by atoms with E-state index in [1.54, 1.807) is 21.7 Å². The van der Waals surface area contributed by atoms with Crippen LogP contribution in [-0.4, -0.2) is 36.0 Å². The summed E-state index contributed by atoms with van der Waals surface area (Å²) in [5, 5.41) is 11.0. The molecule has 0 radical (unpaired) electrons. The molecule has 0 unspecified atom stereocenters. The van der Waals surface area contributed by atoms with Crippen LogP contribution in [0.5, 0.6) is 0 Å². The molecule has 1 aliphatic carbocycles. The molecule has 134 valence electrons. The van der Waals surface area contributed by atoms with Gasteiger partial charge in [-0.1, -0.05) is 17.7 Å². The Balaban J connectivity index is 1.46. The molecule has 2 aromatic rings. The number of nitrogens with zero attached hydrogens (tertiary/aromatic N) is 3. The van der Waals surface area contributed by atoms with Gasteiger partial charge in [0, 0.05) is 24.9 Å². The van der Waals surface area contributed by atoms with Crippen molar-refractivity contribution in [2.75, 3.05) is 13.1 Å². The minimum absolute atomic E-state index is 0.343. The third-order valence-electron chi connectivity index (χ3n) is 5.13. The second kappa shape index (κ2) is 6.45. The van der Waals surface area contributed by atoms with Gasteiger partial charge in [-0.15, -0.1) is 21.5 Å². The molecule has 0 spiro atoms. The first-order valence-electron chi connectivity index (χ1n) is 8.86. The smallest absolute Gasteiger partial charge is 0.207 e. The maximum atomic E-state index is 13.0. The quantitative estimate of drug-likeness (QED) is 0.817. The molecule has 1 aliphatic heterocycles. The fraction of sp³-hybridized carbons (Fsp3) is 0.556. The molecule has 5 nitrogen and oxygen atoms in total. The van der Waals surface area contributed by atoms with Gasteiger partial charge in [0.15, 0.2) is 0 Å². The van der Waals surface area contributed by atoms with Crippen molar-refractivity contribution in [3.63, 3.8) is 0 Å². The van der Waals surface area contributed by atoms with Crippen LogP contribution in [0.25, 0.3) is 0 Å². The Hall–Kier alpha value is -1.31. The highest BCUT2D eigenvalue weighted by molar-refractivity contribution is 7.89. The van der Waals surface area contributed by atoms with Crippen LogP contribution in [0.3, 0.4) is 0 Å². The van der Waals surface area contributed by atoms with Crippen LogP contribution in [0, 0.1) is 13.8 Å². The second-order valence-electron chi connectivity index (χ2n) is 7.20. The Kier molecular flexibility index (Phi) is 4.42. The van der Waals surface area contributed by atoms with Crippen molar-refractivity contribution in [3.8, 4) is 0 Å². The van der Waals surface area contributed by atoms with Crippen molar-refractivity contribution in [3.05, 3.63) is 39.3 Å². The van der Waals surface area contributed by atoms with Gasteiger partial charge >= 0.3 is 0 Å². The lowest BCUT2D eigenvalue weighted by Crippen LogP contribution is -2.38. The van der Waals surface area contributed by atoms with Crippen molar-refractivity contribution in [2.24, 2.45) is 0 Å². The van der Waals surface area contributed by atoms with Gasteiger partial charge in [-0.3, -0.25) is 0 Å². The molecule has 2 heterocycles. The minimum Gasteiger partial charge on any atom is -0.207 e. The summed E-state index contributed by atoms with van der Waals surface area (Å²) in [6.45, 7) is 4.96. The lowest BCUT2D eigenvalue weighted by molar-refractivity contribution is 0.318. The largest absolute Gasteiger partial charge is 0.243 e. The number of hydrogen-bond acceptors (Lipinski definition) is 5. The van der Waals surface area contributed by atoms with Crippen molar-refractivity contribution in [2.45, 2.75) is 56.3 Å². The summed E-state index contributed by atoms with van der Waals surface area (Å²) in [4.78, 5) is 0.434. The first-order chi connectivity index (χ1) is 11.9. The fourth-order valence-corrected chi connectivity index (χ4v) is 6.34. The molecule has 0 atom stereocenters. The van der Waals surface area contributed by atoms with E-state index in [9.17, 15) is 8.42 Å². The van der Waals surface area contributed by atoms with E-state index in [1.807, 2.05) is 26.0 Å². The number of rotatable bonds is 4. The van der Waals surface area contributed by atoms with Gasteiger partial charge in [0.05, 0.1) is 4.90 Å². The maximum Gasteiger partial charge on any atom is 0.243 e. The number of piperidine rings is 1. The summed E-state index contributed by atoms with van der Waals surface area (Å²) < 4.78 is 27.6. The Morgan fingerprint density at radius 3 is 2.16 bits per heavy atom. The zero-order chi connectivity index (χ0) is 17.6. The molecule has 0 amide bonds. The Bertz CT molecular complexity index is 879. The van der Waals surface area contributed by atoms with Gasteiger partial charge in [0.25, 0.3) is 0 Å². The van der Waals surface area contributed by atoms with Crippen molar-refractivity contribution >= 4 is 21.4 Å². The normalized spacial score (nSPS) is 20.1. The van der Waals surface area contributed by atoms with Gasteiger partial charge in [0.2, 0.25) is 10.0 Å². The topological polar surface area (TPSA) is 63.2 Å². The average Bonchev–Trinajstić information content (AvgIpc) is 3.32. The molecule has 25 heavy (non-hydrogen) atoms. The first kappa shape index (κ1) is 17.1. The van der Waals surface area contributed by atoms with Crippen LogP contribution in [0.2, 0.25) is 0 Å². The summed E-state index contributed by atoms with van der Waals surface area (Å²) in [7, 11) is -3.41. The molecule has 0 bridgehead atoms. The molecule has 1 saturated heterocycles. The molecule has 4 rings (SSSR count). The standard InChI is InChI=1S/C18H23N3O2S2/c1-12-3-6-16(13(2)11-12)25(22,23)21-9-7-15(8-10-21)18-20-19-17(24-18)14-4-5-14/h3,6,11,14-15H,4-5,7-10H2,1-2H3. The van der Waals surface area contributed by atoms with E-state index in [0.29, 0.717) is 29.8 Å². The fourth-order valence-electron chi connectivity index (χ4n) is 3.48. The molecule has 1 aromatic carbocycles. The SMILES string of the molecule is Cc1ccc(S(=O)(=O)N2CCC(c3nnc(C4CC4)s3)CC2)c(C)c1. The minimum atomic E-state index is -3.41. The molecule has 0 N–H and O–H groups in total. The summed E-state index contributed by atoms with van der Waals surface area (Å²) in [5.41, 5.74) is 1.90. The van der Waals surface area contributed by atoms with Gasteiger partial charge in [0.1, 0.15) is 10.0 Å². The predicted molar refractivity (Wildman–Crippen MR) is 98.5 cm³/mol. The summed E-state index contributed by atoms with van der Waals surface area (Å²) in [5.74, 6) is 0.979. The third-order valence-corrected chi connectivity index (χ3v) is 8.44. The lowest BCUT2D eigenvalue weighted by atomic mass is 9.99. The average molecular weight is 378 g/mol. The van der Waals surface area contributed by atoms with Gasteiger partial charge in [-0.2, -0.15) is 4.31 Å². The molecule has 2 aliphatic rings. The highest BCUT2D eigenvalue weighted by Gasteiger charge is 2.33. The summed E-state index contributed by atoms with van der Waals surface area (Å²) >= 11 is 1.73. The number of sulfonamides is 1. The van der Waals surface area contributed by atoms with E-state index in [2.05, 4.69) is 10.2 Å². The Labute approximate surface area is 153 Å². The number of aromatic nitrogens is 2. The zero-order valence-corrected chi connectivity index (χ0v) is 16.2. The molecule has 1 aromatic heterocycles. The summed E-state index contributed by atoms with van der Waals surface area (Å²) in [6.07, 6.45) is 4.12. The van der Waals surface area contributed by atoms with Crippen LogP contribution in [0.1, 0.15) is 58.7 Å². The Morgan fingerprint density at radius 2 is 1.60 bits per heavy atom. The monoisotopic (exact) mass is 377 g/mol. The number of aryl methyl sites for hydroxylation is 2. The number of hydrogen-bond donors (Lipinski definition) is 0. The van der Waals surface area contributed by atoms with E-state index >= 15 is 0 Å². The number of benzene rings is 1. The zero-order valence-electron chi connectivity index (χ0n) is 14.6. The van der Waals surface area contributed by atoms with E-state index in [1.165, 1.54) is 17.8 Å². The van der Waals surface area contributed by atoms with Crippen LogP contribution in [0.4, 0.5) is 0 Å². The molecular weight excluding hydrogens is 354 g/mol. The lowest BCUT2D eigenvalue weighted by Gasteiger charge is -2.30. The highest BCUT2D eigenvalue weighted by atomic mass is 32.2. The van der Waals surface area contributed by atoms with Gasteiger partial charge in [-0.05, 0) is 51.2 Å². The Morgan fingerprint density at radius 1 is 1.00 bits per heavy atom.